The first-order valence-corrected chi connectivity index (χ1v) is 5.57. The number of nitrogens with two attached hydrogens (primary N) is 1. The molecule has 0 bridgehead atoms. The van der Waals surface area contributed by atoms with E-state index in [0.29, 0.717) is 13.1 Å². The summed E-state index contributed by atoms with van der Waals surface area (Å²) in [6.07, 6.45) is -2.66. The summed E-state index contributed by atoms with van der Waals surface area (Å²) >= 11 is 0. The second-order valence-corrected chi connectivity index (χ2v) is 4.17. The van der Waals surface area contributed by atoms with Crippen molar-refractivity contribution in [2.45, 2.75) is 19.0 Å². The highest BCUT2D eigenvalue weighted by Gasteiger charge is 2.34. The molecule has 1 saturated heterocycles. The van der Waals surface area contributed by atoms with Crippen LogP contribution in [-0.2, 0) is 6.18 Å². The van der Waals surface area contributed by atoms with E-state index in [0.717, 1.165) is 18.9 Å². The number of rotatable bonds is 2. The topological polar surface area (TPSA) is 66.0 Å². The first-order valence-electron chi connectivity index (χ1n) is 5.57. The van der Waals surface area contributed by atoms with Crippen LogP contribution in [0.1, 0.15) is 24.1 Å². The van der Waals surface area contributed by atoms with Crippen LogP contribution in [-0.4, -0.2) is 23.9 Å². The Bertz CT molecular complexity index is 464. The Labute approximate surface area is 102 Å². The first kappa shape index (κ1) is 12.7. The van der Waals surface area contributed by atoms with Crippen LogP contribution in [0.15, 0.2) is 12.1 Å². The maximum Gasteiger partial charge on any atom is 0.433 e. The zero-order valence-electron chi connectivity index (χ0n) is 9.59. The quantitative estimate of drug-likeness (QED) is 0.629. The van der Waals surface area contributed by atoms with Gasteiger partial charge in [-0.1, -0.05) is 0 Å². The van der Waals surface area contributed by atoms with Crippen LogP contribution in [0.3, 0.4) is 0 Å². The monoisotopic (exact) mass is 258 g/mol. The minimum Gasteiger partial charge on any atom is -0.384 e. The van der Waals surface area contributed by atoms with Gasteiger partial charge >= 0.3 is 6.18 Å². The fraction of sp³-hybridized carbons (Fsp3) is 0.455. The van der Waals surface area contributed by atoms with Gasteiger partial charge in [0.25, 0.3) is 0 Å². The van der Waals surface area contributed by atoms with Gasteiger partial charge in [-0.25, -0.2) is 4.98 Å². The number of anilines is 1. The van der Waals surface area contributed by atoms with Crippen LogP contribution in [0, 0.1) is 5.41 Å². The Morgan fingerprint density at radius 3 is 2.39 bits per heavy atom. The Morgan fingerprint density at radius 2 is 1.89 bits per heavy atom. The van der Waals surface area contributed by atoms with E-state index in [9.17, 15) is 13.2 Å². The maximum absolute atomic E-state index is 12.6. The van der Waals surface area contributed by atoms with Gasteiger partial charge < -0.3 is 10.6 Å². The van der Waals surface area contributed by atoms with Crippen molar-refractivity contribution in [2.24, 2.45) is 5.73 Å². The Balaban J connectivity index is 2.47. The van der Waals surface area contributed by atoms with Crippen molar-refractivity contribution < 1.29 is 13.2 Å². The molecule has 0 aliphatic carbocycles. The third kappa shape index (κ3) is 2.39. The van der Waals surface area contributed by atoms with Crippen molar-refractivity contribution in [2.75, 3.05) is 18.0 Å². The molecule has 1 aliphatic rings. The summed E-state index contributed by atoms with van der Waals surface area (Å²) in [5.41, 5.74) is 4.68. The molecule has 3 N–H and O–H groups in total. The Morgan fingerprint density at radius 1 is 1.28 bits per heavy atom. The van der Waals surface area contributed by atoms with Crippen LogP contribution in [0.25, 0.3) is 0 Å². The van der Waals surface area contributed by atoms with Gasteiger partial charge in [0.1, 0.15) is 17.3 Å². The average molecular weight is 258 g/mol. The van der Waals surface area contributed by atoms with Gasteiger partial charge in [0.05, 0.1) is 5.56 Å². The number of amidine groups is 1. The van der Waals surface area contributed by atoms with Crippen LogP contribution >= 0.6 is 0 Å². The summed E-state index contributed by atoms with van der Waals surface area (Å²) in [5.74, 6) is -0.104. The lowest BCUT2D eigenvalue weighted by Crippen LogP contribution is -2.25. The van der Waals surface area contributed by atoms with Gasteiger partial charge in [0.15, 0.2) is 0 Å². The summed E-state index contributed by atoms with van der Waals surface area (Å²) in [6.45, 7) is 1.29. The zero-order valence-corrected chi connectivity index (χ0v) is 9.59. The van der Waals surface area contributed by atoms with Crippen molar-refractivity contribution in [3.8, 4) is 0 Å². The van der Waals surface area contributed by atoms with E-state index in [-0.39, 0.29) is 17.2 Å². The minimum atomic E-state index is -4.48. The fourth-order valence-electron chi connectivity index (χ4n) is 1.99. The average Bonchev–Trinajstić information content (AvgIpc) is 2.80. The number of pyridine rings is 1. The zero-order chi connectivity index (χ0) is 13.3. The lowest BCUT2D eigenvalue weighted by atomic mass is 10.2. The fourth-order valence-corrected chi connectivity index (χ4v) is 1.99. The van der Waals surface area contributed by atoms with Gasteiger partial charge in [0.2, 0.25) is 0 Å². The van der Waals surface area contributed by atoms with Crippen molar-refractivity contribution >= 4 is 11.7 Å². The maximum atomic E-state index is 12.6. The highest BCUT2D eigenvalue weighted by molar-refractivity contribution is 5.99. The highest BCUT2D eigenvalue weighted by atomic mass is 19.4. The van der Waals surface area contributed by atoms with E-state index in [4.69, 9.17) is 11.1 Å². The number of nitrogen functional groups attached to an aromatic ring is 1. The number of halogens is 3. The lowest BCUT2D eigenvalue weighted by Gasteiger charge is -2.20. The predicted molar refractivity (Wildman–Crippen MR) is 61.7 cm³/mol. The normalized spacial score (nSPS) is 16.1. The molecule has 7 heteroatoms. The predicted octanol–water partition coefficient (Wildman–Crippen LogP) is 1.98. The summed E-state index contributed by atoms with van der Waals surface area (Å²) in [7, 11) is 0. The van der Waals surface area contributed by atoms with E-state index in [1.54, 1.807) is 4.90 Å². The summed E-state index contributed by atoms with van der Waals surface area (Å²) in [4.78, 5) is 5.37. The second kappa shape index (κ2) is 4.47. The molecule has 2 rings (SSSR count). The molecule has 0 saturated carbocycles. The molecule has 1 aliphatic heterocycles. The number of alkyl halides is 3. The highest BCUT2D eigenvalue weighted by Crippen LogP contribution is 2.31. The van der Waals surface area contributed by atoms with Gasteiger partial charge in [-0.3, -0.25) is 5.41 Å². The third-order valence-corrected chi connectivity index (χ3v) is 2.86. The van der Waals surface area contributed by atoms with Gasteiger partial charge in [0, 0.05) is 13.1 Å². The molecule has 0 unspecified atom stereocenters. The van der Waals surface area contributed by atoms with E-state index in [1.807, 2.05) is 0 Å². The molecule has 18 heavy (non-hydrogen) atoms. The molecule has 0 amide bonds. The van der Waals surface area contributed by atoms with E-state index >= 15 is 0 Å². The summed E-state index contributed by atoms with van der Waals surface area (Å²) < 4.78 is 37.9. The standard InChI is InChI=1S/C11H13F3N4/c12-11(13,14)8-4-3-7(9(15)16)10(17-8)18-5-1-2-6-18/h3-4H,1-2,5-6H2,(H3,15,16). The number of nitrogens with one attached hydrogen (secondary N) is 1. The molecule has 0 aromatic carbocycles. The Kier molecular flexibility index (Phi) is 3.14. The van der Waals surface area contributed by atoms with Crippen molar-refractivity contribution in [3.63, 3.8) is 0 Å². The van der Waals surface area contributed by atoms with Crippen molar-refractivity contribution in [1.82, 2.24) is 4.98 Å². The number of aromatic nitrogens is 1. The number of hydrogen-bond donors (Lipinski definition) is 2. The van der Waals surface area contributed by atoms with E-state index < -0.39 is 11.9 Å². The van der Waals surface area contributed by atoms with Crippen LogP contribution < -0.4 is 10.6 Å². The molecule has 1 aromatic rings. The molecule has 1 fully saturated rings. The lowest BCUT2D eigenvalue weighted by molar-refractivity contribution is -0.141. The molecule has 2 heterocycles. The summed E-state index contributed by atoms with van der Waals surface area (Å²) in [5, 5.41) is 7.40. The molecule has 0 atom stereocenters. The largest absolute Gasteiger partial charge is 0.433 e. The molecule has 1 aromatic heterocycles. The number of nitrogens with zero attached hydrogens (tertiary/aromatic N) is 2. The molecule has 0 radical (unpaired) electrons. The third-order valence-electron chi connectivity index (χ3n) is 2.86. The molecule has 0 spiro atoms. The SMILES string of the molecule is N=C(N)c1ccc(C(F)(F)F)nc1N1CCCC1. The van der Waals surface area contributed by atoms with E-state index in [1.165, 1.54) is 6.07 Å². The smallest absolute Gasteiger partial charge is 0.384 e. The van der Waals surface area contributed by atoms with Gasteiger partial charge in [-0.15, -0.1) is 0 Å². The second-order valence-electron chi connectivity index (χ2n) is 4.17. The van der Waals surface area contributed by atoms with Gasteiger partial charge in [-0.2, -0.15) is 13.2 Å². The molecular formula is C11H13F3N4. The molecule has 98 valence electrons. The van der Waals surface area contributed by atoms with E-state index in [2.05, 4.69) is 4.98 Å². The van der Waals surface area contributed by atoms with Gasteiger partial charge in [-0.05, 0) is 25.0 Å². The van der Waals surface area contributed by atoms with Crippen LogP contribution in [0.4, 0.5) is 19.0 Å². The Hall–Kier alpha value is -1.79. The van der Waals surface area contributed by atoms with Crippen molar-refractivity contribution in [1.29, 1.82) is 5.41 Å². The number of hydrogen-bond acceptors (Lipinski definition) is 3. The minimum absolute atomic E-state index is 0.162. The summed E-state index contributed by atoms with van der Waals surface area (Å²) in [6, 6.07) is 2.07. The van der Waals surface area contributed by atoms with Crippen molar-refractivity contribution in [3.05, 3.63) is 23.4 Å². The molecule has 4 nitrogen and oxygen atoms in total. The first-order chi connectivity index (χ1) is 8.39. The molecular weight excluding hydrogens is 245 g/mol. The van der Waals surface area contributed by atoms with Crippen LogP contribution in [0.5, 0.6) is 0 Å². The van der Waals surface area contributed by atoms with Crippen LogP contribution in [0.2, 0.25) is 0 Å².